The lowest BCUT2D eigenvalue weighted by molar-refractivity contribution is -0.134. The van der Waals surface area contributed by atoms with E-state index in [0.29, 0.717) is 31.3 Å². The first kappa shape index (κ1) is 12.4. The van der Waals surface area contributed by atoms with Gasteiger partial charge in [-0.2, -0.15) is 0 Å². The number of amides is 1. The van der Waals surface area contributed by atoms with Crippen molar-refractivity contribution in [2.75, 3.05) is 26.3 Å². The minimum Gasteiger partial charge on any atom is -0.392 e. The molecule has 0 saturated carbocycles. The highest BCUT2D eigenvalue weighted by Gasteiger charge is 2.27. The summed E-state index contributed by atoms with van der Waals surface area (Å²) in [7, 11) is 0. The van der Waals surface area contributed by atoms with Crippen molar-refractivity contribution in [3.63, 3.8) is 0 Å². The summed E-state index contributed by atoms with van der Waals surface area (Å²) < 4.78 is 5.20. The van der Waals surface area contributed by atoms with Crippen LogP contribution >= 0.6 is 12.2 Å². The van der Waals surface area contributed by atoms with Crippen molar-refractivity contribution in [1.82, 2.24) is 4.90 Å². The number of hydrogen-bond acceptors (Lipinski definition) is 3. The summed E-state index contributed by atoms with van der Waals surface area (Å²) in [6, 6.07) is 0. The van der Waals surface area contributed by atoms with Crippen LogP contribution in [0.5, 0.6) is 0 Å². The molecular weight excluding hydrogens is 212 g/mol. The van der Waals surface area contributed by atoms with Crippen LogP contribution in [0.3, 0.4) is 0 Å². The van der Waals surface area contributed by atoms with Gasteiger partial charge in [-0.25, -0.2) is 0 Å². The van der Waals surface area contributed by atoms with Crippen LogP contribution < -0.4 is 5.73 Å². The highest BCUT2D eigenvalue weighted by Crippen LogP contribution is 2.15. The maximum absolute atomic E-state index is 12.0. The minimum absolute atomic E-state index is 0.00546. The molecule has 1 saturated heterocycles. The fourth-order valence-corrected chi connectivity index (χ4v) is 1.87. The van der Waals surface area contributed by atoms with Crippen LogP contribution in [0.25, 0.3) is 0 Å². The summed E-state index contributed by atoms with van der Waals surface area (Å²) in [5, 5.41) is 0. The van der Waals surface area contributed by atoms with Crippen molar-refractivity contribution < 1.29 is 9.53 Å². The van der Waals surface area contributed by atoms with E-state index < -0.39 is 0 Å². The number of thiocarbonyl (C=S) groups is 1. The summed E-state index contributed by atoms with van der Waals surface area (Å²) in [4.78, 5) is 14.1. The number of rotatable bonds is 5. The number of nitrogens with two attached hydrogens (primary N) is 1. The first-order chi connectivity index (χ1) is 7.15. The van der Waals surface area contributed by atoms with Crippen LogP contribution in [0, 0.1) is 5.92 Å². The average Bonchev–Trinajstić information content (AvgIpc) is 2.68. The molecule has 1 aliphatic heterocycles. The van der Waals surface area contributed by atoms with Gasteiger partial charge in [0.2, 0.25) is 5.91 Å². The van der Waals surface area contributed by atoms with Crippen molar-refractivity contribution in [2.24, 2.45) is 11.7 Å². The molecule has 0 bridgehead atoms. The third-order valence-electron chi connectivity index (χ3n) is 2.43. The second kappa shape index (κ2) is 6.02. The molecule has 5 heteroatoms. The van der Waals surface area contributed by atoms with E-state index in [2.05, 4.69) is 0 Å². The minimum atomic E-state index is 0.00546. The first-order valence-corrected chi connectivity index (χ1v) is 5.70. The number of ether oxygens (including phenoxy) is 1. The average molecular weight is 230 g/mol. The molecule has 0 spiro atoms. The van der Waals surface area contributed by atoms with Gasteiger partial charge in [-0.1, -0.05) is 19.1 Å². The van der Waals surface area contributed by atoms with E-state index >= 15 is 0 Å². The lowest BCUT2D eigenvalue weighted by Crippen LogP contribution is -2.41. The Morgan fingerprint density at radius 1 is 1.67 bits per heavy atom. The van der Waals surface area contributed by atoms with Gasteiger partial charge in [0.15, 0.2) is 0 Å². The monoisotopic (exact) mass is 230 g/mol. The van der Waals surface area contributed by atoms with E-state index in [4.69, 9.17) is 22.7 Å². The van der Waals surface area contributed by atoms with E-state index in [1.54, 1.807) is 4.90 Å². The van der Waals surface area contributed by atoms with Gasteiger partial charge < -0.3 is 15.4 Å². The third kappa shape index (κ3) is 3.76. The molecule has 0 radical (unpaired) electrons. The van der Waals surface area contributed by atoms with Crippen LogP contribution in [0.15, 0.2) is 0 Å². The normalized spacial score (nSPS) is 20.2. The van der Waals surface area contributed by atoms with Crippen LogP contribution in [0.1, 0.15) is 19.8 Å². The SMILES string of the molecule is CCCN(CC(N)=S)C(=O)C1CCOC1. The molecule has 1 amide bonds. The Balaban J connectivity index is 2.52. The molecule has 2 N–H and O–H groups in total. The molecule has 1 unspecified atom stereocenters. The standard InChI is InChI=1S/C10H18N2O2S/c1-2-4-12(6-9(11)15)10(13)8-3-5-14-7-8/h8H,2-7H2,1H3,(H2,11,15). The van der Waals surface area contributed by atoms with Crippen molar-refractivity contribution in [3.8, 4) is 0 Å². The quantitative estimate of drug-likeness (QED) is 0.701. The Labute approximate surface area is 95.8 Å². The molecular formula is C10H18N2O2S. The second-order valence-corrected chi connectivity index (χ2v) is 4.31. The second-order valence-electron chi connectivity index (χ2n) is 3.79. The molecule has 1 rings (SSSR count). The fraction of sp³-hybridized carbons (Fsp3) is 0.800. The molecule has 0 aromatic heterocycles. The highest BCUT2D eigenvalue weighted by molar-refractivity contribution is 7.80. The summed E-state index contributed by atoms with van der Waals surface area (Å²) in [6.07, 6.45) is 1.73. The van der Waals surface area contributed by atoms with Gasteiger partial charge in [-0.15, -0.1) is 0 Å². The maximum atomic E-state index is 12.0. The van der Waals surface area contributed by atoms with Crippen molar-refractivity contribution in [2.45, 2.75) is 19.8 Å². The molecule has 0 aliphatic carbocycles. The Bertz CT molecular complexity index is 240. The van der Waals surface area contributed by atoms with Crippen molar-refractivity contribution in [3.05, 3.63) is 0 Å². The van der Waals surface area contributed by atoms with Gasteiger partial charge in [0, 0.05) is 13.2 Å². The Morgan fingerprint density at radius 2 is 2.40 bits per heavy atom. The zero-order valence-corrected chi connectivity index (χ0v) is 9.89. The molecule has 1 atom stereocenters. The molecule has 1 fully saturated rings. The van der Waals surface area contributed by atoms with E-state index in [0.717, 1.165) is 12.8 Å². The molecule has 0 aromatic carbocycles. The fourth-order valence-electron chi connectivity index (χ4n) is 1.71. The predicted molar refractivity (Wildman–Crippen MR) is 62.6 cm³/mol. The largest absolute Gasteiger partial charge is 0.392 e. The van der Waals surface area contributed by atoms with E-state index in [1.165, 1.54) is 0 Å². The van der Waals surface area contributed by atoms with Gasteiger partial charge in [0.25, 0.3) is 0 Å². The molecule has 1 heterocycles. The zero-order chi connectivity index (χ0) is 11.3. The lowest BCUT2D eigenvalue weighted by Gasteiger charge is -2.24. The molecule has 1 aliphatic rings. The molecule has 0 aromatic rings. The summed E-state index contributed by atoms with van der Waals surface area (Å²) in [6.45, 7) is 4.36. The van der Waals surface area contributed by atoms with Gasteiger partial charge in [-0.05, 0) is 12.8 Å². The Morgan fingerprint density at radius 3 is 2.87 bits per heavy atom. The van der Waals surface area contributed by atoms with Crippen LogP contribution in [0.2, 0.25) is 0 Å². The van der Waals surface area contributed by atoms with Crippen molar-refractivity contribution >= 4 is 23.1 Å². The van der Waals surface area contributed by atoms with Gasteiger partial charge in [-0.3, -0.25) is 4.79 Å². The lowest BCUT2D eigenvalue weighted by atomic mass is 10.1. The summed E-state index contributed by atoms with van der Waals surface area (Å²) >= 11 is 4.83. The number of carbonyl (C=O) groups excluding carboxylic acids is 1. The molecule has 86 valence electrons. The summed E-state index contributed by atoms with van der Waals surface area (Å²) in [5.74, 6) is 0.132. The third-order valence-corrected chi connectivity index (χ3v) is 2.56. The van der Waals surface area contributed by atoms with Crippen LogP contribution in [0.4, 0.5) is 0 Å². The van der Waals surface area contributed by atoms with Gasteiger partial charge in [0.1, 0.15) is 0 Å². The molecule has 4 nitrogen and oxygen atoms in total. The smallest absolute Gasteiger partial charge is 0.228 e. The maximum Gasteiger partial charge on any atom is 0.228 e. The first-order valence-electron chi connectivity index (χ1n) is 5.30. The van der Waals surface area contributed by atoms with Gasteiger partial charge >= 0.3 is 0 Å². The molecule has 15 heavy (non-hydrogen) atoms. The summed E-state index contributed by atoms with van der Waals surface area (Å²) in [5.41, 5.74) is 5.47. The topological polar surface area (TPSA) is 55.6 Å². The number of hydrogen-bond donors (Lipinski definition) is 1. The number of carbonyl (C=O) groups is 1. The van der Waals surface area contributed by atoms with E-state index in [1.807, 2.05) is 6.92 Å². The Hall–Kier alpha value is -0.680. The Kier molecular flexibility index (Phi) is 4.98. The highest BCUT2D eigenvalue weighted by atomic mass is 32.1. The van der Waals surface area contributed by atoms with Crippen molar-refractivity contribution in [1.29, 1.82) is 0 Å². The number of nitrogens with zero attached hydrogens (tertiary/aromatic N) is 1. The zero-order valence-electron chi connectivity index (χ0n) is 9.07. The van der Waals surface area contributed by atoms with E-state index in [-0.39, 0.29) is 11.8 Å². The van der Waals surface area contributed by atoms with Gasteiger partial charge in [0.05, 0.1) is 24.1 Å². The van der Waals surface area contributed by atoms with Crippen LogP contribution in [-0.4, -0.2) is 42.1 Å². The predicted octanol–water partition coefficient (Wildman–Crippen LogP) is 0.548. The van der Waals surface area contributed by atoms with Crippen LogP contribution in [-0.2, 0) is 9.53 Å². The van der Waals surface area contributed by atoms with E-state index in [9.17, 15) is 4.79 Å².